The van der Waals surface area contributed by atoms with Gasteiger partial charge in [0.15, 0.2) is 5.78 Å². The molecule has 19 heteroatoms. The smallest absolute Gasteiger partial charge is 0.306 e. The van der Waals surface area contributed by atoms with Crippen molar-refractivity contribution in [3.8, 4) is 11.5 Å². The first kappa shape index (κ1) is 40.9. The monoisotopic (exact) mass is 819 g/mol. The van der Waals surface area contributed by atoms with Crippen molar-refractivity contribution in [2.75, 3.05) is 17.7 Å². The molecule has 4 heterocycles. The third-order valence-electron chi connectivity index (χ3n) is 10.3. The molecule has 0 spiro atoms. The van der Waals surface area contributed by atoms with Gasteiger partial charge in [-0.05, 0) is 83.9 Å². The maximum atomic E-state index is 13.7. The number of nitrogens with zero attached hydrogens (tertiary/aromatic N) is 8. The van der Waals surface area contributed by atoms with E-state index in [1.54, 1.807) is 56.6 Å². The Morgan fingerprint density at radius 3 is 1.72 bits per heavy atom. The number of nitrogens with one attached hydrogen (secondary N) is 2. The van der Waals surface area contributed by atoms with Crippen molar-refractivity contribution in [3.63, 3.8) is 0 Å². The Morgan fingerprint density at radius 1 is 0.783 bits per heavy atom. The van der Waals surface area contributed by atoms with Crippen LogP contribution in [0, 0.1) is 19.8 Å². The number of fused-ring (bicyclic) bond motifs is 2. The highest BCUT2D eigenvalue weighted by Crippen LogP contribution is 2.37. The van der Waals surface area contributed by atoms with Crippen LogP contribution in [0.15, 0.2) is 48.6 Å². The van der Waals surface area contributed by atoms with Crippen LogP contribution in [0.2, 0.25) is 0 Å². The molecule has 60 heavy (non-hydrogen) atoms. The number of Topliss-reactive ketones (excluding diaryl/α,β-unsaturated/α-hetero) is 1. The van der Waals surface area contributed by atoms with E-state index in [1.165, 1.54) is 26.2 Å². The number of methoxy groups -OCH3 is 1. The van der Waals surface area contributed by atoms with Gasteiger partial charge in [-0.15, -0.1) is 0 Å². The molecule has 0 bridgehead atoms. The van der Waals surface area contributed by atoms with Crippen molar-refractivity contribution in [3.05, 3.63) is 82.5 Å². The second-order valence-electron chi connectivity index (χ2n) is 14.5. The number of hydrogen-bond acceptors (Lipinski definition) is 11. The minimum Gasteiger partial charge on any atom is -0.494 e. The summed E-state index contributed by atoms with van der Waals surface area (Å²) in [6.45, 7) is 9.96. The fourth-order valence-corrected chi connectivity index (χ4v) is 7.27. The number of ketones is 1. The first-order valence-electron chi connectivity index (χ1n) is 19.4. The number of ether oxygens (including phenoxy) is 2. The summed E-state index contributed by atoms with van der Waals surface area (Å²) in [6.07, 6.45) is 3.73. The average molecular weight is 820 g/mol. The van der Waals surface area contributed by atoms with E-state index in [9.17, 15) is 29.1 Å². The van der Waals surface area contributed by atoms with Gasteiger partial charge in [0.2, 0.25) is 17.8 Å². The summed E-state index contributed by atoms with van der Waals surface area (Å²) in [6, 6.07) is 9.59. The second kappa shape index (κ2) is 16.5. The zero-order chi connectivity index (χ0) is 43.0. The van der Waals surface area contributed by atoms with E-state index in [1.807, 2.05) is 26.0 Å². The Bertz CT molecular complexity index is 2730. The summed E-state index contributed by atoms with van der Waals surface area (Å²) >= 11 is 0. The third kappa shape index (κ3) is 7.92. The van der Waals surface area contributed by atoms with Crippen LogP contribution in [0.1, 0.15) is 86.7 Å². The summed E-state index contributed by atoms with van der Waals surface area (Å²) < 4.78 is 18.7. The van der Waals surface area contributed by atoms with E-state index in [4.69, 9.17) is 25.2 Å². The van der Waals surface area contributed by atoms with Crippen LogP contribution in [0.5, 0.6) is 11.5 Å². The normalized spacial score (nSPS) is 15.0. The Balaban J connectivity index is 1.28. The minimum absolute atomic E-state index is 0.113. The molecule has 0 aliphatic heterocycles. The molecule has 19 nitrogen and oxygen atoms in total. The summed E-state index contributed by atoms with van der Waals surface area (Å²) in [5.41, 5.74) is 9.88. The molecule has 7 rings (SSSR count). The molecular formula is C41H45N11O8. The number of allylic oxidation sites excluding steroid dienone is 2. The molecule has 2 aromatic carbocycles. The molecule has 1 aliphatic carbocycles. The Labute approximate surface area is 343 Å². The molecule has 5 N–H and O–H groups in total. The number of aryl methyl sites for hydroxylation is 4. The molecule has 0 atom stereocenters. The number of rotatable bonds is 16. The second-order valence-corrected chi connectivity index (χ2v) is 14.5. The van der Waals surface area contributed by atoms with Crippen molar-refractivity contribution in [2.45, 2.75) is 79.7 Å². The highest BCUT2D eigenvalue weighted by Gasteiger charge is 2.37. The number of amides is 3. The molecule has 6 aromatic rings. The summed E-state index contributed by atoms with van der Waals surface area (Å²) in [4.78, 5) is 73.3. The number of hydrogen-bond donors (Lipinski definition) is 4. The Hall–Kier alpha value is -7.31. The number of carbonyl (C=O) groups excluding carboxylic acids is 4. The summed E-state index contributed by atoms with van der Waals surface area (Å²) in [7, 11) is 1.48. The van der Waals surface area contributed by atoms with Crippen molar-refractivity contribution < 1.29 is 38.6 Å². The fourth-order valence-electron chi connectivity index (χ4n) is 7.27. The van der Waals surface area contributed by atoms with Crippen LogP contribution >= 0.6 is 0 Å². The number of carboxylic acid groups (broad SMARTS) is 1. The molecule has 0 unspecified atom stereocenters. The van der Waals surface area contributed by atoms with E-state index in [-0.39, 0.29) is 54.9 Å². The maximum absolute atomic E-state index is 13.7. The van der Waals surface area contributed by atoms with Gasteiger partial charge in [-0.25, -0.2) is 9.97 Å². The minimum atomic E-state index is -0.916. The number of nitrogens with two attached hydrogens (primary N) is 1. The molecule has 3 amide bonds. The molecule has 0 radical (unpaired) electrons. The topological polar surface area (TPSA) is 245 Å². The molecule has 1 saturated carbocycles. The lowest BCUT2D eigenvalue weighted by Crippen LogP contribution is -2.38. The molecule has 312 valence electrons. The van der Waals surface area contributed by atoms with Crippen molar-refractivity contribution in [1.82, 2.24) is 38.7 Å². The van der Waals surface area contributed by atoms with Crippen molar-refractivity contribution in [2.24, 2.45) is 11.7 Å². The van der Waals surface area contributed by atoms with E-state index in [0.717, 1.165) is 0 Å². The third-order valence-corrected chi connectivity index (χ3v) is 10.3. The SMILES string of the molecule is CCn1nc(C)cc1C(=O)Nc1nc2cc(C(C)=O)cc(OC)c2n1C/C=C/Cn1c(NC(=O)c2cc(C)nn2CC)nc2cc(C(N)=O)cc(OC3CC(C(=O)O)C3)c21. The van der Waals surface area contributed by atoms with Gasteiger partial charge < -0.3 is 29.4 Å². The van der Waals surface area contributed by atoms with Crippen molar-refractivity contribution in [1.29, 1.82) is 0 Å². The van der Waals surface area contributed by atoms with Crippen LogP contribution in [0.3, 0.4) is 0 Å². The molecular weight excluding hydrogens is 775 g/mol. The van der Waals surface area contributed by atoms with Gasteiger partial charge in [-0.2, -0.15) is 10.2 Å². The van der Waals surface area contributed by atoms with Gasteiger partial charge in [0, 0.05) is 37.3 Å². The summed E-state index contributed by atoms with van der Waals surface area (Å²) in [5.74, 6) is -2.36. The van der Waals surface area contributed by atoms with E-state index in [0.29, 0.717) is 69.2 Å². The number of benzene rings is 2. The predicted molar refractivity (Wildman–Crippen MR) is 220 cm³/mol. The highest BCUT2D eigenvalue weighted by molar-refractivity contribution is 6.05. The van der Waals surface area contributed by atoms with Gasteiger partial charge in [-0.3, -0.25) is 44.0 Å². The number of aromatic nitrogens is 8. The van der Waals surface area contributed by atoms with Gasteiger partial charge in [-0.1, -0.05) is 12.2 Å². The molecule has 0 saturated heterocycles. The Morgan fingerprint density at radius 2 is 1.27 bits per heavy atom. The predicted octanol–water partition coefficient (Wildman–Crippen LogP) is 4.75. The van der Waals surface area contributed by atoms with Gasteiger partial charge in [0.05, 0.1) is 35.4 Å². The number of carboxylic acids is 1. The standard InChI is InChI=1S/C41H45N11O8/c1-7-51-30(13-21(3)47-51)37(55)45-40-43-28-17-24(23(5)53)19-32(59-6)34(28)49(40)11-9-10-12-50-35-29(44-41(50)46-38(56)31-14-22(4)48-52(31)8-2)18-25(36(42)54)20-33(35)60-27-15-26(16-27)39(57)58/h9-10,13-14,17-20,26-27H,7-8,11-12,15-16H2,1-6H3,(H2,42,54)(H,57,58)(H,43,45,55)(H,44,46,56)/b10-9+. The molecule has 1 aliphatic rings. The van der Waals surface area contributed by atoms with E-state index in [2.05, 4.69) is 20.8 Å². The molecule has 4 aromatic heterocycles. The number of carbonyl (C=O) groups is 5. The van der Waals surface area contributed by atoms with Crippen LogP contribution in [0.4, 0.5) is 11.9 Å². The zero-order valence-corrected chi connectivity index (χ0v) is 34.0. The van der Waals surface area contributed by atoms with Crippen molar-refractivity contribution >= 4 is 63.4 Å². The zero-order valence-electron chi connectivity index (χ0n) is 34.0. The van der Waals surface area contributed by atoms with E-state index >= 15 is 0 Å². The van der Waals surface area contributed by atoms with Gasteiger partial charge in [0.25, 0.3) is 11.8 Å². The lowest BCUT2D eigenvalue weighted by molar-refractivity contribution is -0.147. The lowest BCUT2D eigenvalue weighted by Gasteiger charge is -2.32. The number of imidazole rings is 2. The quantitative estimate of drug-likeness (QED) is 0.0764. The van der Waals surface area contributed by atoms with Crippen LogP contribution in [0.25, 0.3) is 22.1 Å². The fraction of sp³-hybridized carbons (Fsp3) is 0.341. The van der Waals surface area contributed by atoms with Crippen LogP contribution in [-0.2, 0) is 31.0 Å². The largest absolute Gasteiger partial charge is 0.494 e. The number of anilines is 2. The first-order chi connectivity index (χ1) is 28.7. The van der Waals surface area contributed by atoms with Crippen LogP contribution in [-0.4, -0.2) is 86.5 Å². The number of primary amides is 1. The number of aliphatic carboxylic acids is 1. The maximum Gasteiger partial charge on any atom is 0.306 e. The molecule has 1 fully saturated rings. The first-order valence-corrected chi connectivity index (χ1v) is 19.4. The summed E-state index contributed by atoms with van der Waals surface area (Å²) in [5, 5.41) is 24.1. The lowest BCUT2D eigenvalue weighted by atomic mass is 9.82. The van der Waals surface area contributed by atoms with Crippen LogP contribution < -0.4 is 25.8 Å². The Kier molecular flexibility index (Phi) is 11.2. The van der Waals surface area contributed by atoms with Gasteiger partial charge in [0.1, 0.15) is 40.0 Å². The highest BCUT2D eigenvalue weighted by atomic mass is 16.5. The van der Waals surface area contributed by atoms with E-state index < -0.39 is 35.7 Å². The average Bonchev–Trinajstić information content (AvgIpc) is 3.95. The van der Waals surface area contributed by atoms with Gasteiger partial charge >= 0.3 is 5.97 Å².